The lowest BCUT2D eigenvalue weighted by Gasteiger charge is -2.06. The zero-order valence-electron chi connectivity index (χ0n) is 11.7. The predicted octanol–water partition coefficient (Wildman–Crippen LogP) is 2.05. The molecule has 0 atom stereocenters. The van der Waals surface area contributed by atoms with E-state index in [-0.39, 0.29) is 0 Å². The van der Waals surface area contributed by atoms with Gasteiger partial charge in [0.1, 0.15) is 5.75 Å². The van der Waals surface area contributed by atoms with Gasteiger partial charge in [0.25, 0.3) is 0 Å². The minimum absolute atomic E-state index is 0.604. The molecule has 0 amide bonds. The van der Waals surface area contributed by atoms with E-state index in [1.165, 1.54) is 5.56 Å². The van der Waals surface area contributed by atoms with E-state index in [1.54, 1.807) is 0 Å². The third kappa shape index (κ3) is 9.48. The Labute approximate surface area is 125 Å². The van der Waals surface area contributed by atoms with Gasteiger partial charge in [-0.15, -0.1) is 0 Å². The maximum atomic E-state index is 9.08. The van der Waals surface area contributed by atoms with Crippen molar-refractivity contribution in [3.8, 4) is 5.75 Å². The van der Waals surface area contributed by atoms with Gasteiger partial charge in [0.05, 0.1) is 16.7 Å². The summed E-state index contributed by atoms with van der Waals surface area (Å²) >= 11 is 0. The summed E-state index contributed by atoms with van der Waals surface area (Å²) in [5, 5.41) is 0. The molecule has 0 aliphatic heterocycles. The summed E-state index contributed by atoms with van der Waals surface area (Å²) in [6.45, 7) is 0.688. The fourth-order valence-corrected chi connectivity index (χ4v) is 1.50. The lowest BCUT2D eigenvalue weighted by Crippen LogP contribution is -2.01. The van der Waals surface area contributed by atoms with Crippen LogP contribution in [0.2, 0.25) is 0 Å². The number of anilines is 1. The molecule has 2 rings (SSSR count). The van der Waals surface area contributed by atoms with Crippen LogP contribution in [0.4, 0.5) is 5.69 Å². The SMILES string of the molecule is CS(=O)(=O)[O-].Nc1ccc(OCCc2ccccc2)cc1. The molecule has 0 bridgehead atoms. The molecule has 2 aromatic carbocycles. The van der Waals surface area contributed by atoms with E-state index in [2.05, 4.69) is 12.1 Å². The molecule has 0 fully saturated rings. The Kier molecular flexibility index (Phi) is 6.71. The van der Waals surface area contributed by atoms with E-state index in [4.69, 9.17) is 23.4 Å². The van der Waals surface area contributed by atoms with Crippen molar-refractivity contribution < 1.29 is 17.7 Å². The summed E-state index contributed by atoms with van der Waals surface area (Å²) in [5.41, 5.74) is 7.64. The van der Waals surface area contributed by atoms with Gasteiger partial charge in [0.2, 0.25) is 0 Å². The molecule has 5 nitrogen and oxygen atoms in total. The van der Waals surface area contributed by atoms with Crippen molar-refractivity contribution in [2.24, 2.45) is 0 Å². The Morgan fingerprint density at radius 2 is 1.57 bits per heavy atom. The van der Waals surface area contributed by atoms with Gasteiger partial charge in [-0.1, -0.05) is 30.3 Å². The van der Waals surface area contributed by atoms with E-state index in [0.717, 1.165) is 17.9 Å². The number of nitrogen functional groups attached to an aromatic ring is 1. The van der Waals surface area contributed by atoms with Gasteiger partial charge in [-0.2, -0.15) is 0 Å². The van der Waals surface area contributed by atoms with Crippen molar-refractivity contribution in [3.63, 3.8) is 0 Å². The van der Waals surface area contributed by atoms with Gasteiger partial charge in [-0.05, 0) is 29.8 Å². The van der Waals surface area contributed by atoms with Crippen molar-refractivity contribution >= 4 is 15.8 Å². The highest BCUT2D eigenvalue weighted by molar-refractivity contribution is 7.84. The van der Waals surface area contributed by atoms with Crippen LogP contribution < -0.4 is 10.5 Å². The van der Waals surface area contributed by atoms with Crippen molar-refractivity contribution in [1.82, 2.24) is 0 Å². The fourth-order valence-electron chi connectivity index (χ4n) is 1.50. The summed E-state index contributed by atoms with van der Waals surface area (Å²) in [4.78, 5) is 0. The van der Waals surface area contributed by atoms with Crippen LogP contribution in [0.3, 0.4) is 0 Å². The first kappa shape index (κ1) is 17.0. The highest BCUT2D eigenvalue weighted by Crippen LogP contribution is 2.13. The number of nitrogens with two attached hydrogens (primary N) is 1. The van der Waals surface area contributed by atoms with Gasteiger partial charge in [-0.3, -0.25) is 0 Å². The van der Waals surface area contributed by atoms with Crippen LogP contribution in [-0.4, -0.2) is 25.8 Å². The highest BCUT2D eigenvalue weighted by Gasteiger charge is 1.94. The molecule has 0 aliphatic carbocycles. The second kappa shape index (κ2) is 8.28. The summed E-state index contributed by atoms with van der Waals surface area (Å²) in [5.74, 6) is 0.866. The van der Waals surface area contributed by atoms with Gasteiger partial charge in [0.15, 0.2) is 0 Å². The predicted molar refractivity (Wildman–Crippen MR) is 82.1 cm³/mol. The fraction of sp³-hybridized carbons (Fsp3) is 0.200. The lowest BCUT2D eigenvalue weighted by atomic mass is 10.2. The van der Waals surface area contributed by atoms with Crippen molar-refractivity contribution in [2.45, 2.75) is 6.42 Å². The first-order valence-corrected chi connectivity index (χ1v) is 8.09. The molecule has 0 saturated heterocycles. The smallest absolute Gasteiger partial charge is 0.119 e. The molecular formula is C15H18NO4S-. The standard InChI is InChI=1S/C14H15NO.CH4O3S/c15-13-6-8-14(9-7-13)16-11-10-12-4-2-1-3-5-12;1-5(2,3)4/h1-9H,10-11,15H2;1H3,(H,2,3,4)/p-1. The molecule has 0 aromatic heterocycles. The number of rotatable bonds is 4. The maximum Gasteiger partial charge on any atom is 0.119 e. The molecule has 6 heteroatoms. The normalized spacial score (nSPS) is 10.4. The third-order valence-electron chi connectivity index (χ3n) is 2.38. The quantitative estimate of drug-likeness (QED) is 0.689. The van der Waals surface area contributed by atoms with Crippen LogP contribution in [0.15, 0.2) is 54.6 Å². The van der Waals surface area contributed by atoms with Crippen LogP contribution >= 0.6 is 0 Å². The Morgan fingerprint density at radius 3 is 2.10 bits per heavy atom. The minimum Gasteiger partial charge on any atom is -0.748 e. The molecule has 2 aromatic rings. The molecule has 0 saturated carbocycles. The molecule has 0 heterocycles. The van der Waals surface area contributed by atoms with Crippen molar-refractivity contribution in [2.75, 3.05) is 18.6 Å². The monoisotopic (exact) mass is 308 g/mol. The van der Waals surface area contributed by atoms with Crippen molar-refractivity contribution in [3.05, 3.63) is 60.2 Å². The number of benzene rings is 2. The first-order chi connectivity index (χ1) is 9.84. The zero-order chi connectivity index (χ0) is 15.7. The number of ether oxygens (including phenoxy) is 1. The van der Waals surface area contributed by atoms with E-state index in [9.17, 15) is 0 Å². The van der Waals surface area contributed by atoms with Crippen molar-refractivity contribution in [1.29, 1.82) is 0 Å². The summed E-state index contributed by atoms with van der Waals surface area (Å²) in [6.07, 6.45) is 1.53. The van der Waals surface area contributed by atoms with Gasteiger partial charge in [0, 0.05) is 18.4 Å². The van der Waals surface area contributed by atoms with Crippen LogP contribution in [0.1, 0.15) is 5.56 Å². The largest absolute Gasteiger partial charge is 0.748 e. The highest BCUT2D eigenvalue weighted by atomic mass is 32.2. The van der Waals surface area contributed by atoms with Crippen LogP contribution in [0.25, 0.3) is 0 Å². The van der Waals surface area contributed by atoms with E-state index in [0.29, 0.717) is 12.9 Å². The molecule has 0 aliphatic rings. The number of hydrogen-bond acceptors (Lipinski definition) is 5. The zero-order valence-corrected chi connectivity index (χ0v) is 12.5. The summed E-state index contributed by atoms with van der Waals surface area (Å²) in [6, 6.07) is 17.8. The van der Waals surface area contributed by atoms with Crippen LogP contribution in [-0.2, 0) is 16.5 Å². The number of hydrogen-bond donors (Lipinski definition) is 1. The Balaban J connectivity index is 0.000000383. The molecule has 114 valence electrons. The average Bonchev–Trinajstić information content (AvgIpc) is 2.40. The Bertz CT molecular complexity index is 616. The van der Waals surface area contributed by atoms with E-state index in [1.807, 2.05) is 42.5 Å². The first-order valence-electron chi connectivity index (χ1n) is 6.28. The molecule has 0 radical (unpaired) electrons. The Morgan fingerprint density at radius 1 is 1.05 bits per heavy atom. The topological polar surface area (TPSA) is 92.5 Å². The van der Waals surface area contributed by atoms with Gasteiger partial charge >= 0.3 is 0 Å². The Hall–Kier alpha value is -2.05. The molecule has 21 heavy (non-hydrogen) atoms. The summed E-state index contributed by atoms with van der Waals surface area (Å²) < 4.78 is 32.8. The second-order valence-electron chi connectivity index (χ2n) is 4.36. The minimum atomic E-state index is -3.92. The molecule has 2 N–H and O–H groups in total. The second-order valence-corrected chi connectivity index (χ2v) is 5.77. The maximum absolute atomic E-state index is 9.08. The van der Waals surface area contributed by atoms with E-state index >= 15 is 0 Å². The van der Waals surface area contributed by atoms with E-state index < -0.39 is 10.1 Å². The van der Waals surface area contributed by atoms with Gasteiger partial charge < -0.3 is 15.0 Å². The lowest BCUT2D eigenvalue weighted by molar-refractivity contribution is 0.322. The van der Waals surface area contributed by atoms with Crippen LogP contribution in [0, 0.1) is 0 Å². The average molecular weight is 308 g/mol. The van der Waals surface area contributed by atoms with Crippen LogP contribution in [0.5, 0.6) is 5.75 Å². The molecule has 0 unspecified atom stereocenters. The van der Waals surface area contributed by atoms with Gasteiger partial charge in [-0.25, -0.2) is 8.42 Å². The molecular weight excluding hydrogens is 290 g/mol. The third-order valence-corrected chi connectivity index (χ3v) is 2.38. The molecule has 0 spiro atoms. The summed E-state index contributed by atoms with van der Waals surface area (Å²) in [7, 11) is -3.92.